The van der Waals surface area contributed by atoms with Crippen molar-refractivity contribution in [3.8, 4) is 0 Å². The minimum absolute atomic E-state index is 0.0529. The predicted octanol–water partition coefficient (Wildman–Crippen LogP) is 3.01. The molecule has 5 rings (SSSR count). The van der Waals surface area contributed by atoms with Gasteiger partial charge >= 0.3 is 0 Å². The maximum Gasteiger partial charge on any atom is 0.227 e. The van der Waals surface area contributed by atoms with Crippen molar-refractivity contribution in [2.75, 3.05) is 13.1 Å². The quantitative estimate of drug-likeness (QED) is 0.819. The summed E-state index contributed by atoms with van der Waals surface area (Å²) >= 11 is 0. The minimum atomic E-state index is -0.0529. The molecule has 2 amide bonds. The molecule has 0 radical (unpaired) electrons. The molecule has 1 aromatic heterocycles. The van der Waals surface area contributed by atoms with Gasteiger partial charge in [0.25, 0.3) is 0 Å². The van der Waals surface area contributed by atoms with E-state index in [2.05, 4.69) is 0 Å². The first-order valence-corrected chi connectivity index (χ1v) is 10.8. The van der Waals surface area contributed by atoms with Crippen LogP contribution in [0.15, 0.2) is 4.42 Å². The number of rotatable bonds is 3. The molecule has 1 atom stereocenters. The summed E-state index contributed by atoms with van der Waals surface area (Å²) in [6, 6.07) is 0.363. The summed E-state index contributed by atoms with van der Waals surface area (Å²) in [6.07, 6.45) is 10.2. The van der Waals surface area contributed by atoms with Gasteiger partial charge in [-0.3, -0.25) is 9.59 Å². The molecule has 6 nitrogen and oxygen atoms in total. The zero-order valence-corrected chi connectivity index (χ0v) is 16.0. The Hall–Kier alpha value is -1.85. The number of fused-ring (bicyclic) bond motifs is 1. The summed E-state index contributed by atoms with van der Waals surface area (Å²) in [6.45, 7) is 1.88. The fourth-order valence-electron chi connectivity index (χ4n) is 5.14. The largest absolute Gasteiger partial charge is 0.445 e. The van der Waals surface area contributed by atoms with Gasteiger partial charge in [0.05, 0.1) is 12.5 Å². The van der Waals surface area contributed by atoms with Gasteiger partial charge in [-0.2, -0.15) is 0 Å². The van der Waals surface area contributed by atoms with Crippen molar-refractivity contribution in [1.29, 1.82) is 0 Å². The summed E-state index contributed by atoms with van der Waals surface area (Å²) < 4.78 is 5.98. The van der Waals surface area contributed by atoms with E-state index in [-0.39, 0.29) is 17.7 Å². The lowest BCUT2D eigenvalue weighted by Gasteiger charge is -2.38. The molecule has 0 aromatic carbocycles. The normalized spacial score (nSPS) is 27.0. The van der Waals surface area contributed by atoms with Crippen molar-refractivity contribution >= 4 is 11.8 Å². The number of carbonyl (C=O) groups excluding carboxylic acids is 2. The van der Waals surface area contributed by atoms with Crippen molar-refractivity contribution in [3.05, 3.63) is 17.3 Å². The average molecular weight is 371 g/mol. The molecule has 1 unspecified atom stereocenters. The molecule has 0 spiro atoms. The number of carbonyl (C=O) groups is 2. The Morgan fingerprint density at radius 3 is 2.59 bits per heavy atom. The number of hydrogen-bond acceptors (Lipinski definition) is 4. The Balaban J connectivity index is 1.25. The van der Waals surface area contributed by atoms with Crippen LogP contribution in [0, 0.1) is 5.92 Å². The lowest BCUT2D eigenvalue weighted by Crippen LogP contribution is -2.50. The van der Waals surface area contributed by atoms with Gasteiger partial charge < -0.3 is 14.2 Å². The van der Waals surface area contributed by atoms with Crippen LogP contribution in [-0.4, -0.2) is 45.7 Å². The van der Waals surface area contributed by atoms with E-state index in [0.29, 0.717) is 44.4 Å². The maximum atomic E-state index is 13.2. The number of aromatic nitrogens is 1. The topological polar surface area (TPSA) is 66.7 Å². The maximum absolute atomic E-state index is 13.2. The Kier molecular flexibility index (Phi) is 4.44. The highest BCUT2D eigenvalue weighted by Gasteiger charge is 2.38. The van der Waals surface area contributed by atoms with Crippen molar-refractivity contribution < 1.29 is 14.0 Å². The monoisotopic (exact) mass is 371 g/mol. The summed E-state index contributed by atoms with van der Waals surface area (Å²) in [5, 5.41) is 0. The van der Waals surface area contributed by atoms with E-state index in [1.54, 1.807) is 0 Å². The van der Waals surface area contributed by atoms with Gasteiger partial charge in [-0.15, -0.1) is 0 Å². The summed E-state index contributed by atoms with van der Waals surface area (Å²) in [7, 11) is 0. The Morgan fingerprint density at radius 2 is 1.85 bits per heavy atom. The molecule has 3 heterocycles. The first kappa shape index (κ1) is 17.3. The number of amides is 2. The van der Waals surface area contributed by atoms with E-state index in [4.69, 9.17) is 9.40 Å². The number of likely N-dealkylation sites (tertiary alicyclic amines) is 1. The highest BCUT2D eigenvalue weighted by molar-refractivity contribution is 5.84. The highest BCUT2D eigenvalue weighted by atomic mass is 16.4. The van der Waals surface area contributed by atoms with Gasteiger partial charge in [-0.25, -0.2) is 4.98 Å². The molecule has 146 valence electrons. The zero-order valence-electron chi connectivity index (χ0n) is 16.0. The molecule has 1 saturated heterocycles. The van der Waals surface area contributed by atoms with Crippen LogP contribution in [0.5, 0.6) is 0 Å². The molecule has 0 N–H and O–H groups in total. The third kappa shape index (κ3) is 3.17. The van der Waals surface area contributed by atoms with Crippen molar-refractivity contribution in [2.24, 2.45) is 5.92 Å². The van der Waals surface area contributed by atoms with Crippen LogP contribution in [-0.2, 0) is 22.6 Å². The molecule has 0 bridgehead atoms. The van der Waals surface area contributed by atoms with Crippen LogP contribution < -0.4 is 0 Å². The molecular weight excluding hydrogens is 342 g/mol. The van der Waals surface area contributed by atoms with Crippen LogP contribution in [0.4, 0.5) is 0 Å². The third-order valence-electron chi connectivity index (χ3n) is 7.07. The molecule has 2 aliphatic heterocycles. The SMILES string of the molecule is O=C(C1CCC(=O)N(C2CCCC2)C1)N1CCc2oc(C3CCC3)nc2C1. The van der Waals surface area contributed by atoms with Crippen molar-refractivity contribution in [3.63, 3.8) is 0 Å². The second-order valence-electron chi connectivity index (χ2n) is 8.78. The second kappa shape index (κ2) is 6.95. The minimum Gasteiger partial charge on any atom is -0.445 e. The Bertz CT molecular complexity index is 733. The fraction of sp³-hybridized carbons (Fsp3) is 0.762. The molecule has 1 aromatic rings. The number of oxazole rings is 1. The Labute approximate surface area is 160 Å². The van der Waals surface area contributed by atoms with Gasteiger partial charge in [0, 0.05) is 37.9 Å². The molecule has 2 saturated carbocycles. The molecule has 6 heteroatoms. The van der Waals surface area contributed by atoms with E-state index in [0.717, 1.165) is 36.6 Å². The van der Waals surface area contributed by atoms with Crippen molar-refractivity contribution in [1.82, 2.24) is 14.8 Å². The van der Waals surface area contributed by atoms with E-state index in [9.17, 15) is 9.59 Å². The summed E-state index contributed by atoms with van der Waals surface area (Å²) in [5.74, 6) is 2.74. The number of nitrogens with zero attached hydrogens (tertiary/aromatic N) is 3. The molecule has 3 fully saturated rings. The van der Waals surface area contributed by atoms with Gasteiger partial charge in [0.15, 0.2) is 5.89 Å². The lowest BCUT2D eigenvalue weighted by molar-refractivity contribution is -0.145. The summed E-state index contributed by atoms with van der Waals surface area (Å²) in [4.78, 5) is 34.2. The van der Waals surface area contributed by atoms with Crippen LogP contribution in [0.1, 0.15) is 81.1 Å². The predicted molar refractivity (Wildman–Crippen MR) is 98.9 cm³/mol. The summed E-state index contributed by atoms with van der Waals surface area (Å²) in [5.41, 5.74) is 0.955. The fourth-order valence-corrected chi connectivity index (χ4v) is 5.14. The van der Waals surface area contributed by atoms with E-state index >= 15 is 0 Å². The molecule has 4 aliphatic rings. The standard InChI is InChI=1S/C21H29N3O3/c25-19-9-8-15(12-24(19)16-6-1-2-7-16)21(26)23-11-10-18-17(13-23)22-20(27-18)14-4-3-5-14/h14-16H,1-13H2. The molecule has 2 aliphatic carbocycles. The van der Waals surface area contributed by atoms with E-state index < -0.39 is 0 Å². The van der Waals surface area contributed by atoms with Crippen LogP contribution >= 0.6 is 0 Å². The second-order valence-corrected chi connectivity index (χ2v) is 8.78. The Morgan fingerprint density at radius 1 is 1.04 bits per heavy atom. The third-order valence-corrected chi connectivity index (χ3v) is 7.07. The van der Waals surface area contributed by atoms with Gasteiger partial charge in [0.2, 0.25) is 11.8 Å². The lowest BCUT2D eigenvalue weighted by atomic mass is 9.85. The zero-order chi connectivity index (χ0) is 18.4. The van der Waals surface area contributed by atoms with Crippen LogP contribution in [0.25, 0.3) is 0 Å². The van der Waals surface area contributed by atoms with Crippen LogP contribution in [0.3, 0.4) is 0 Å². The molecular formula is C21H29N3O3. The molecule has 27 heavy (non-hydrogen) atoms. The average Bonchev–Trinajstić information content (AvgIpc) is 3.29. The van der Waals surface area contributed by atoms with E-state index in [1.807, 2.05) is 9.80 Å². The van der Waals surface area contributed by atoms with Gasteiger partial charge in [-0.1, -0.05) is 19.3 Å². The van der Waals surface area contributed by atoms with Crippen LogP contribution in [0.2, 0.25) is 0 Å². The van der Waals surface area contributed by atoms with E-state index in [1.165, 1.54) is 32.1 Å². The van der Waals surface area contributed by atoms with Gasteiger partial charge in [-0.05, 0) is 32.1 Å². The first-order chi connectivity index (χ1) is 13.2. The smallest absolute Gasteiger partial charge is 0.227 e. The van der Waals surface area contributed by atoms with Gasteiger partial charge in [0.1, 0.15) is 11.5 Å². The number of piperidine rings is 1. The first-order valence-electron chi connectivity index (χ1n) is 10.8. The number of hydrogen-bond donors (Lipinski definition) is 0. The highest BCUT2D eigenvalue weighted by Crippen LogP contribution is 2.37. The van der Waals surface area contributed by atoms with Crippen molar-refractivity contribution in [2.45, 2.75) is 82.7 Å².